The summed E-state index contributed by atoms with van der Waals surface area (Å²) in [6.07, 6.45) is 0. The van der Waals surface area contributed by atoms with E-state index in [-0.39, 0.29) is 21.9 Å². The number of sulfonamides is 1. The number of halogens is 1. The number of methoxy groups -OCH3 is 1. The Hall–Kier alpha value is -3.39. The van der Waals surface area contributed by atoms with Crippen molar-refractivity contribution in [1.82, 2.24) is 0 Å². The van der Waals surface area contributed by atoms with E-state index in [9.17, 15) is 17.6 Å². The first-order chi connectivity index (χ1) is 14.2. The summed E-state index contributed by atoms with van der Waals surface area (Å²) in [6.45, 7) is 3.66. The molecule has 0 radical (unpaired) electrons. The molecule has 3 aromatic rings. The summed E-state index contributed by atoms with van der Waals surface area (Å²) in [4.78, 5) is 12.4. The SMILES string of the molecule is COc1ccc(C(=O)Nc2cc(C)ccc2F)cc1S(=O)(=O)Nc1ccc(C)cc1. The maximum atomic E-state index is 14.0. The number of carbonyl (C=O) groups excluding carboxylic acids is 1. The van der Waals surface area contributed by atoms with Gasteiger partial charge in [-0.15, -0.1) is 0 Å². The Balaban J connectivity index is 1.93. The Labute approximate surface area is 174 Å². The second-order valence-corrected chi connectivity index (χ2v) is 8.43. The molecule has 8 heteroatoms. The smallest absolute Gasteiger partial charge is 0.265 e. The molecule has 3 aromatic carbocycles. The van der Waals surface area contributed by atoms with Gasteiger partial charge in [0.25, 0.3) is 15.9 Å². The number of hydrogen-bond donors (Lipinski definition) is 2. The van der Waals surface area contributed by atoms with Gasteiger partial charge in [0.15, 0.2) is 0 Å². The minimum atomic E-state index is -4.04. The van der Waals surface area contributed by atoms with Crippen LogP contribution in [-0.4, -0.2) is 21.4 Å². The third-order valence-corrected chi connectivity index (χ3v) is 5.79. The van der Waals surface area contributed by atoms with Crippen LogP contribution in [0.25, 0.3) is 0 Å². The number of rotatable bonds is 6. The number of nitrogens with one attached hydrogen (secondary N) is 2. The highest BCUT2D eigenvalue weighted by molar-refractivity contribution is 7.92. The summed E-state index contributed by atoms with van der Waals surface area (Å²) in [5, 5.41) is 2.47. The fraction of sp³-hybridized carbons (Fsp3) is 0.136. The van der Waals surface area contributed by atoms with Crippen molar-refractivity contribution < 1.29 is 22.3 Å². The third kappa shape index (κ3) is 4.77. The second kappa shape index (κ2) is 8.54. The summed E-state index contributed by atoms with van der Waals surface area (Å²) < 4.78 is 47.4. The minimum absolute atomic E-state index is 0.0120. The van der Waals surface area contributed by atoms with Crippen LogP contribution in [0, 0.1) is 19.7 Å². The first kappa shape index (κ1) is 21.3. The van der Waals surface area contributed by atoms with Crippen LogP contribution in [0.2, 0.25) is 0 Å². The van der Waals surface area contributed by atoms with Crippen molar-refractivity contribution >= 4 is 27.3 Å². The molecule has 2 N–H and O–H groups in total. The van der Waals surface area contributed by atoms with E-state index in [1.165, 1.54) is 37.4 Å². The molecular formula is C22H21FN2O4S. The Bertz CT molecular complexity index is 1190. The lowest BCUT2D eigenvalue weighted by atomic mass is 10.1. The molecule has 156 valence electrons. The molecule has 0 aliphatic heterocycles. The maximum absolute atomic E-state index is 14.0. The molecule has 0 aliphatic rings. The van der Waals surface area contributed by atoms with Crippen LogP contribution < -0.4 is 14.8 Å². The van der Waals surface area contributed by atoms with E-state index in [1.54, 1.807) is 37.3 Å². The number of carbonyl (C=O) groups is 1. The zero-order valence-electron chi connectivity index (χ0n) is 16.7. The molecule has 0 aromatic heterocycles. The normalized spacial score (nSPS) is 11.1. The molecule has 3 rings (SSSR count). The van der Waals surface area contributed by atoms with E-state index in [0.29, 0.717) is 5.69 Å². The lowest BCUT2D eigenvalue weighted by molar-refractivity contribution is 0.102. The zero-order valence-corrected chi connectivity index (χ0v) is 17.5. The first-order valence-corrected chi connectivity index (χ1v) is 10.5. The molecule has 6 nitrogen and oxygen atoms in total. The van der Waals surface area contributed by atoms with Gasteiger partial charge in [0.1, 0.15) is 16.5 Å². The average molecular weight is 428 g/mol. The predicted molar refractivity (Wildman–Crippen MR) is 114 cm³/mol. The van der Waals surface area contributed by atoms with Crippen molar-refractivity contribution in [3.05, 3.63) is 83.2 Å². The third-order valence-electron chi connectivity index (χ3n) is 4.39. The van der Waals surface area contributed by atoms with Gasteiger partial charge in [-0.3, -0.25) is 9.52 Å². The van der Waals surface area contributed by atoms with E-state index in [4.69, 9.17) is 4.74 Å². The molecule has 1 amide bonds. The van der Waals surface area contributed by atoms with Crippen molar-refractivity contribution in [1.29, 1.82) is 0 Å². The molecule has 0 unspecified atom stereocenters. The number of aryl methyl sites for hydroxylation is 2. The standard InChI is InChI=1S/C22H21FN2O4S/c1-14-4-8-17(9-5-14)25-30(27,28)21-13-16(7-11-20(21)29-3)22(26)24-19-12-15(2)6-10-18(19)23/h4-13,25H,1-3H3,(H,24,26). The highest BCUT2D eigenvalue weighted by Gasteiger charge is 2.22. The monoisotopic (exact) mass is 428 g/mol. The summed E-state index contributed by atoms with van der Waals surface area (Å²) >= 11 is 0. The maximum Gasteiger partial charge on any atom is 0.265 e. The van der Waals surface area contributed by atoms with Crippen LogP contribution in [0.15, 0.2) is 65.6 Å². The van der Waals surface area contributed by atoms with E-state index in [0.717, 1.165) is 11.1 Å². The molecule has 0 saturated carbocycles. The van der Waals surface area contributed by atoms with Crippen LogP contribution in [0.4, 0.5) is 15.8 Å². The number of anilines is 2. The summed E-state index contributed by atoms with van der Waals surface area (Å²) in [5.41, 5.74) is 2.18. The molecule has 30 heavy (non-hydrogen) atoms. The fourth-order valence-corrected chi connectivity index (χ4v) is 4.04. The van der Waals surface area contributed by atoms with Gasteiger partial charge in [0.05, 0.1) is 12.8 Å². The molecule has 0 saturated heterocycles. The van der Waals surface area contributed by atoms with Crippen molar-refractivity contribution in [3.8, 4) is 5.75 Å². The Kier molecular flexibility index (Phi) is 6.07. The molecule has 0 fully saturated rings. The molecule has 0 aliphatic carbocycles. The van der Waals surface area contributed by atoms with Crippen LogP contribution in [0.1, 0.15) is 21.5 Å². The quantitative estimate of drug-likeness (QED) is 0.605. The van der Waals surface area contributed by atoms with E-state index >= 15 is 0 Å². The van der Waals surface area contributed by atoms with E-state index in [2.05, 4.69) is 10.0 Å². The molecule has 0 bridgehead atoms. The summed E-state index contributed by atoms with van der Waals surface area (Å²) in [7, 11) is -2.71. The summed E-state index contributed by atoms with van der Waals surface area (Å²) in [5.74, 6) is -1.15. The van der Waals surface area contributed by atoms with Gasteiger partial charge in [-0.05, 0) is 61.9 Å². The van der Waals surface area contributed by atoms with Gasteiger partial charge >= 0.3 is 0 Å². The topological polar surface area (TPSA) is 84.5 Å². The van der Waals surface area contributed by atoms with Crippen molar-refractivity contribution in [2.45, 2.75) is 18.7 Å². The van der Waals surface area contributed by atoms with Gasteiger partial charge in [0, 0.05) is 11.3 Å². The first-order valence-electron chi connectivity index (χ1n) is 9.04. The van der Waals surface area contributed by atoms with Gasteiger partial charge in [-0.25, -0.2) is 12.8 Å². The molecule has 0 heterocycles. The van der Waals surface area contributed by atoms with Crippen LogP contribution >= 0.6 is 0 Å². The highest BCUT2D eigenvalue weighted by atomic mass is 32.2. The Morgan fingerprint density at radius 2 is 1.60 bits per heavy atom. The van der Waals surface area contributed by atoms with Crippen molar-refractivity contribution in [2.75, 3.05) is 17.1 Å². The minimum Gasteiger partial charge on any atom is -0.495 e. The van der Waals surface area contributed by atoms with Gasteiger partial charge in [-0.1, -0.05) is 23.8 Å². The molecular weight excluding hydrogens is 407 g/mol. The molecule has 0 atom stereocenters. The Morgan fingerprint density at radius 3 is 2.27 bits per heavy atom. The zero-order chi connectivity index (χ0) is 21.9. The Morgan fingerprint density at radius 1 is 0.933 bits per heavy atom. The number of hydrogen-bond acceptors (Lipinski definition) is 4. The van der Waals surface area contributed by atoms with E-state index in [1.807, 2.05) is 6.92 Å². The largest absolute Gasteiger partial charge is 0.495 e. The summed E-state index contributed by atoms with van der Waals surface area (Å²) in [6, 6.07) is 15.1. The van der Waals surface area contributed by atoms with Gasteiger partial charge in [-0.2, -0.15) is 0 Å². The number of benzene rings is 3. The van der Waals surface area contributed by atoms with Gasteiger partial charge in [0.2, 0.25) is 0 Å². The van der Waals surface area contributed by atoms with Gasteiger partial charge < -0.3 is 10.1 Å². The predicted octanol–water partition coefficient (Wildman–Crippen LogP) is 4.50. The van der Waals surface area contributed by atoms with Crippen LogP contribution in [-0.2, 0) is 10.0 Å². The fourth-order valence-electron chi connectivity index (χ4n) is 2.79. The van der Waals surface area contributed by atoms with E-state index < -0.39 is 21.7 Å². The lowest BCUT2D eigenvalue weighted by Crippen LogP contribution is -2.17. The number of ether oxygens (including phenoxy) is 1. The van der Waals surface area contributed by atoms with Crippen LogP contribution in [0.3, 0.4) is 0 Å². The average Bonchev–Trinajstić information content (AvgIpc) is 2.71. The number of amides is 1. The van der Waals surface area contributed by atoms with Crippen molar-refractivity contribution in [2.24, 2.45) is 0 Å². The molecule has 0 spiro atoms. The van der Waals surface area contributed by atoms with Crippen LogP contribution in [0.5, 0.6) is 5.75 Å². The highest BCUT2D eigenvalue weighted by Crippen LogP contribution is 2.28. The van der Waals surface area contributed by atoms with Crippen molar-refractivity contribution in [3.63, 3.8) is 0 Å². The lowest BCUT2D eigenvalue weighted by Gasteiger charge is -2.14. The second-order valence-electron chi connectivity index (χ2n) is 6.77.